The molecule has 0 radical (unpaired) electrons. The molecule has 0 aliphatic carbocycles. The lowest BCUT2D eigenvalue weighted by atomic mass is 10.3. The summed E-state index contributed by atoms with van der Waals surface area (Å²) >= 11 is 0. The molecule has 0 atom stereocenters. The van der Waals surface area contributed by atoms with E-state index in [1.54, 1.807) is 0 Å². The number of hydrogen-bond donors (Lipinski definition) is 1. The minimum atomic E-state index is 1.04. The zero-order valence-corrected chi connectivity index (χ0v) is 11.0. The van der Waals surface area contributed by atoms with Crippen LogP contribution in [0.1, 0.15) is 20.3 Å². The van der Waals surface area contributed by atoms with Gasteiger partial charge in [-0.25, -0.2) is 0 Å². The van der Waals surface area contributed by atoms with Gasteiger partial charge in [-0.2, -0.15) is 0 Å². The van der Waals surface area contributed by atoms with Gasteiger partial charge in [0.25, 0.3) is 0 Å². The Morgan fingerprint density at radius 3 is 2.88 bits per heavy atom. The first-order valence-electron chi connectivity index (χ1n) is 6.52. The van der Waals surface area contributed by atoms with Crippen LogP contribution >= 0.6 is 0 Å². The average molecular weight is 225 g/mol. The first kappa shape index (κ1) is 13.7. The van der Waals surface area contributed by atoms with Crippen LogP contribution in [0.3, 0.4) is 0 Å². The molecule has 1 saturated heterocycles. The molecule has 1 rings (SSSR count). The fourth-order valence-corrected chi connectivity index (χ4v) is 2.14. The number of likely N-dealkylation sites (N-methyl/N-ethyl adjacent to an activating group) is 1. The summed E-state index contributed by atoms with van der Waals surface area (Å²) in [5.41, 5.74) is 1.26. The van der Waals surface area contributed by atoms with Crippen molar-refractivity contribution in [3.05, 3.63) is 12.2 Å². The smallest absolute Gasteiger partial charge is 0.0187 e. The lowest BCUT2D eigenvalue weighted by Crippen LogP contribution is -2.37. The largest absolute Gasteiger partial charge is 0.315 e. The van der Waals surface area contributed by atoms with Gasteiger partial charge in [-0.15, -0.1) is 0 Å². The third kappa shape index (κ3) is 5.64. The standard InChI is InChI=1S/C13H27N3/c1-4-15(12-13(2)3)10-11-16-8-5-6-14-7-9-16/h14H,2,4-12H2,1,3H3. The van der Waals surface area contributed by atoms with Crippen LogP contribution in [0.4, 0.5) is 0 Å². The molecule has 0 unspecified atom stereocenters. The summed E-state index contributed by atoms with van der Waals surface area (Å²) in [6.07, 6.45) is 1.28. The lowest BCUT2D eigenvalue weighted by Gasteiger charge is -2.25. The third-order valence-electron chi connectivity index (χ3n) is 3.11. The van der Waals surface area contributed by atoms with Crippen LogP contribution in [-0.2, 0) is 0 Å². The van der Waals surface area contributed by atoms with E-state index < -0.39 is 0 Å². The van der Waals surface area contributed by atoms with Crippen molar-refractivity contribution in [1.29, 1.82) is 0 Å². The zero-order valence-electron chi connectivity index (χ0n) is 11.0. The predicted molar refractivity (Wildman–Crippen MR) is 70.9 cm³/mol. The molecule has 0 aromatic rings. The molecule has 0 spiro atoms. The van der Waals surface area contributed by atoms with Gasteiger partial charge in [-0.3, -0.25) is 4.90 Å². The minimum absolute atomic E-state index is 1.04. The van der Waals surface area contributed by atoms with Crippen LogP contribution < -0.4 is 5.32 Å². The summed E-state index contributed by atoms with van der Waals surface area (Å²) in [5.74, 6) is 0. The van der Waals surface area contributed by atoms with E-state index in [2.05, 4.69) is 35.5 Å². The fourth-order valence-electron chi connectivity index (χ4n) is 2.14. The second kappa shape index (κ2) is 7.82. The molecule has 16 heavy (non-hydrogen) atoms. The molecule has 1 N–H and O–H groups in total. The Balaban J connectivity index is 2.22. The predicted octanol–water partition coefficient (Wildman–Crippen LogP) is 1.18. The van der Waals surface area contributed by atoms with Crippen LogP contribution in [0.15, 0.2) is 12.2 Å². The number of nitrogens with zero attached hydrogens (tertiary/aromatic N) is 2. The Labute approximate surface area is 100 Å². The maximum Gasteiger partial charge on any atom is 0.0187 e. The average Bonchev–Trinajstić information content (AvgIpc) is 2.52. The highest BCUT2D eigenvalue weighted by molar-refractivity contribution is 4.91. The van der Waals surface area contributed by atoms with Gasteiger partial charge in [-0.1, -0.05) is 19.1 Å². The molecule has 1 aliphatic heterocycles. The van der Waals surface area contributed by atoms with Crippen molar-refractivity contribution in [3.8, 4) is 0 Å². The van der Waals surface area contributed by atoms with Crippen LogP contribution in [0.5, 0.6) is 0 Å². The highest BCUT2D eigenvalue weighted by Gasteiger charge is 2.10. The summed E-state index contributed by atoms with van der Waals surface area (Å²) in [4.78, 5) is 5.04. The Morgan fingerprint density at radius 1 is 1.38 bits per heavy atom. The van der Waals surface area contributed by atoms with E-state index >= 15 is 0 Å². The van der Waals surface area contributed by atoms with Crippen molar-refractivity contribution in [2.75, 3.05) is 52.4 Å². The Bertz CT molecular complexity index is 195. The van der Waals surface area contributed by atoms with E-state index in [1.807, 2.05) is 0 Å². The van der Waals surface area contributed by atoms with Crippen LogP contribution in [0.25, 0.3) is 0 Å². The molecule has 3 heteroatoms. The highest BCUT2D eigenvalue weighted by atomic mass is 15.2. The van der Waals surface area contributed by atoms with Crippen molar-refractivity contribution in [3.63, 3.8) is 0 Å². The van der Waals surface area contributed by atoms with Crippen molar-refractivity contribution in [2.24, 2.45) is 0 Å². The van der Waals surface area contributed by atoms with Crippen molar-refractivity contribution < 1.29 is 0 Å². The molecule has 0 aromatic heterocycles. The molecule has 0 saturated carbocycles. The molecule has 0 amide bonds. The van der Waals surface area contributed by atoms with Crippen LogP contribution in [0.2, 0.25) is 0 Å². The van der Waals surface area contributed by atoms with E-state index in [0.717, 1.165) is 19.6 Å². The fraction of sp³-hybridized carbons (Fsp3) is 0.846. The highest BCUT2D eigenvalue weighted by Crippen LogP contribution is 1.99. The molecule has 1 heterocycles. The van der Waals surface area contributed by atoms with Gasteiger partial charge in [0.15, 0.2) is 0 Å². The normalized spacial score (nSPS) is 18.7. The topological polar surface area (TPSA) is 18.5 Å². The SMILES string of the molecule is C=C(C)CN(CC)CCN1CCCNCC1. The van der Waals surface area contributed by atoms with Crippen molar-refractivity contribution >= 4 is 0 Å². The monoisotopic (exact) mass is 225 g/mol. The summed E-state index contributed by atoms with van der Waals surface area (Å²) in [5, 5.41) is 3.44. The second-order valence-electron chi connectivity index (χ2n) is 4.77. The number of nitrogens with one attached hydrogen (secondary N) is 1. The van der Waals surface area contributed by atoms with Gasteiger partial charge in [-0.05, 0) is 33.0 Å². The maximum atomic E-state index is 3.99. The van der Waals surface area contributed by atoms with E-state index in [1.165, 1.54) is 44.7 Å². The molecule has 94 valence electrons. The molecule has 3 nitrogen and oxygen atoms in total. The first-order chi connectivity index (χ1) is 7.72. The van der Waals surface area contributed by atoms with E-state index in [0.29, 0.717) is 0 Å². The van der Waals surface area contributed by atoms with Crippen LogP contribution in [0, 0.1) is 0 Å². The summed E-state index contributed by atoms with van der Waals surface area (Å²) < 4.78 is 0. The second-order valence-corrected chi connectivity index (χ2v) is 4.77. The molecular formula is C13H27N3. The number of hydrogen-bond acceptors (Lipinski definition) is 3. The minimum Gasteiger partial charge on any atom is -0.315 e. The Hall–Kier alpha value is -0.380. The lowest BCUT2D eigenvalue weighted by molar-refractivity contribution is 0.226. The van der Waals surface area contributed by atoms with Crippen molar-refractivity contribution in [2.45, 2.75) is 20.3 Å². The molecule has 1 fully saturated rings. The molecule has 0 aromatic carbocycles. The number of rotatable bonds is 6. The summed E-state index contributed by atoms with van der Waals surface area (Å²) in [6, 6.07) is 0. The van der Waals surface area contributed by atoms with Gasteiger partial charge in [0.1, 0.15) is 0 Å². The molecule has 0 bridgehead atoms. The van der Waals surface area contributed by atoms with Crippen molar-refractivity contribution in [1.82, 2.24) is 15.1 Å². The Kier molecular flexibility index (Phi) is 6.69. The molecular weight excluding hydrogens is 198 g/mol. The van der Waals surface area contributed by atoms with Gasteiger partial charge >= 0.3 is 0 Å². The van der Waals surface area contributed by atoms with Gasteiger partial charge in [0.2, 0.25) is 0 Å². The first-order valence-corrected chi connectivity index (χ1v) is 6.52. The summed E-state index contributed by atoms with van der Waals surface area (Å²) in [7, 11) is 0. The van der Waals surface area contributed by atoms with Gasteiger partial charge in [0, 0.05) is 32.7 Å². The van der Waals surface area contributed by atoms with E-state index in [9.17, 15) is 0 Å². The van der Waals surface area contributed by atoms with Gasteiger partial charge < -0.3 is 10.2 Å². The van der Waals surface area contributed by atoms with Crippen LogP contribution in [-0.4, -0.2) is 62.2 Å². The maximum absolute atomic E-state index is 3.99. The summed E-state index contributed by atoms with van der Waals surface area (Å²) in [6.45, 7) is 17.6. The molecule has 1 aliphatic rings. The van der Waals surface area contributed by atoms with E-state index in [-0.39, 0.29) is 0 Å². The quantitative estimate of drug-likeness (QED) is 0.685. The van der Waals surface area contributed by atoms with Gasteiger partial charge in [0.05, 0.1) is 0 Å². The zero-order chi connectivity index (χ0) is 11.8. The third-order valence-corrected chi connectivity index (χ3v) is 3.11. The Morgan fingerprint density at radius 2 is 2.19 bits per heavy atom. The van der Waals surface area contributed by atoms with E-state index in [4.69, 9.17) is 0 Å².